The van der Waals surface area contributed by atoms with Gasteiger partial charge in [-0.25, -0.2) is 15.0 Å². The van der Waals surface area contributed by atoms with Gasteiger partial charge in [0.25, 0.3) is 5.56 Å². The first-order valence-electron chi connectivity index (χ1n) is 11.1. The Kier molecular flexibility index (Phi) is 5.72. The van der Waals surface area contributed by atoms with Crippen LogP contribution in [-0.2, 0) is 0 Å². The molecule has 0 aliphatic carbocycles. The van der Waals surface area contributed by atoms with E-state index in [0.717, 1.165) is 5.56 Å². The van der Waals surface area contributed by atoms with Crippen LogP contribution >= 0.6 is 0 Å². The topological polar surface area (TPSA) is 161 Å². The van der Waals surface area contributed by atoms with E-state index in [1.807, 2.05) is 55.5 Å². The van der Waals surface area contributed by atoms with Crippen molar-refractivity contribution < 1.29 is 0 Å². The summed E-state index contributed by atoms with van der Waals surface area (Å²) in [6, 6.07) is 19.8. The molecule has 1 atom stereocenters. The summed E-state index contributed by atoms with van der Waals surface area (Å²) in [6.45, 7) is 1.83. The van der Waals surface area contributed by atoms with Crippen LogP contribution < -0.4 is 22.3 Å². The van der Waals surface area contributed by atoms with Crippen molar-refractivity contribution in [1.82, 2.24) is 24.5 Å². The highest BCUT2D eigenvalue weighted by molar-refractivity contribution is 5.94. The largest absolute Gasteiger partial charge is 0.384 e. The van der Waals surface area contributed by atoms with Crippen LogP contribution in [0.4, 0.5) is 17.6 Å². The van der Waals surface area contributed by atoms with Gasteiger partial charge in [0.2, 0.25) is 5.95 Å². The lowest BCUT2D eigenvalue weighted by Crippen LogP contribution is -2.28. The summed E-state index contributed by atoms with van der Waals surface area (Å²) in [6.07, 6.45) is 2.95. The average molecular weight is 476 g/mol. The Balaban J connectivity index is 1.75. The third-order valence-corrected chi connectivity index (χ3v) is 5.70. The van der Waals surface area contributed by atoms with E-state index in [0.29, 0.717) is 33.8 Å². The predicted molar refractivity (Wildman–Crippen MR) is 138 cm³/mol. The van der Waals surface area contributed by atoms with Gasteiger partial charge in [0.15, 0.2) is 0 Å². The smallest absolute Gasteiger partial charge is 0.266 e. The van der Waals surface area contributed by atoms with Gasteiger partial charge in [-0.1, -0.05) is 30.3 Å². The van der Waals surface area contributed by atoms with Crippen LogP contribution in [0.3, 0.4) is 0 Å². The summed E-state index contributed by atoms with van der Waals surface area (Å²) in [4.78, 5) is 31.1. The Bertz CT molecular complexity index is 1690. The Morgan fingerprint density at radius 2 is 1.83 bits per heavy atom. The fourth-order valence-electron chi connectivity index (χ4n) is 4.08. The maximum atomic E-state index is 14.1. The molecule has 3 heterocycles. The van der Waals surface area contributed by atoms with Crippen LogP contribution in [0.25, 0.3) is 27.7 Å². The minimum Gasteiger partial charge on any atom is -0.384 e. The summed E-state index contributed by atoms with van der Waals surface area (Å²) < 4.78 is 1.56. The van der Waals surface area contributed by atoms with Gasteiger partial charge < -0.3 is 16.8 Å². The van der Waals surface area contributed by atoms with E-state index >= 15 is 0 Å². The van der Waals surface area contributed by atoms with Crippen molar-refractivity contribution in [3.8, 4) is 22.9 Å². The van der Waals surface area contributed by atoms with Crippen LogP contribution in [0.15, 0.2) is 77.9 Å². The summed E-state index contributed by atoms with van der Waals surface area (Å²) in [5, 5.41) is 13.1. The standard InChI is InChI=1S/C26H21N9O/c1-15(32-23-17(13-27)14-31-26(29)34-23)24-33-20-9-5-8-19(16-10-11-30-21(28)12-16)22(20)25(36)35(24)18-6-3-2-4-7-18/h2-12,14-15H,1H3,(H2,28,30)(H3,29,31,32,34)/t15-/m0/s1. The van der Waals surface area contributed by atoms with E-state index in [1.54, 1.807) is 29.0 Å². The molecule has 0 fully saturated rings. The number of nitrogens with zero attached hydrogens (tertiary/aromatic N) is 6. The highest BCUT2D eigenvalue weighted by Crippen LogP contribution is 2.29. The van der Waals surface area contributed by atoms with Gasteiger partial charge in [-0.3, -0.25) is 9.36 Å². The predicted octanol–water partition coefficient (Wildman–Crippen LogP) is 3.45. The molecule has 0 saturated carbocycles. The number of rotatable bonds is 5. The molecule has 5 rings (SSSR count). The summed E-state index contributed by atoms with van der Waals surface area (Å²) in [5.74, 6) is 1.07. The number of hydrogen-bond acceptors (Lipinski definition) is 9. The van der Waals surface area contributed by atoms with E-state index < -0.39 is 6.04 Å². The molecule has 0 unspecified atom stereocenters. The summed E-state index contributed by atoms with van der Waals surface area (Å²) >= 11 is 0. The Morgan fingerprint density at radius 3 is 2.58 bits per heavy atom. The van der Waals surface area contributed by atoms with Gasteiger partial charge >= 0.3 is 0 Å². The maximum Gasteiger partial charge on any atom is 0.266 e. The first-order valence-corrected chi connectivity index (χ1v) is 11.1. The van der Waals surface area contributed by atoms with Crippen LogP contribution in [0, 0.1) is 11.3 Å². The third-order valence-electron chi connectivity index (χ3n) is 5.70. The number of hydrogen-bond donors (Lipinski definition) is 3. The lowest BCUT2D eigenvalue weighted by Gasteiger charge is -2.21. The lowest BCUT2D eigenvalue weighted by atomic mass is 10.0. The van der Waals surface area contributed by atoms with Crippen molar-refractivity contribution in [1.29, 1.82) is 5.26 Å². The molecule has 176 valence electrons. The van der Waals surface area contributed by atoms with Gasteiger partial charge in [0.05, 0.1) is 28.8 Å². The van der Waals surface area contributed by atoms with Crippen LogP contribution in [0.1, 0.15) is 24.4 Å². The molecule has 0 amide bonds. The van der Waals surface area contributed by atoms with E-state index in [1.165, 1.54) is 6.20 Å². The molecule has 0 aliphatic heterocycles. The Morgan fingerprint density at radius 1 is 1.03 bits per heavy atom. The fourth-order valence-corrected chi connectivity index (χ4v) is 4.08. The zero-order valence-corrected chi connectivity index (χ0v) is 19.3. The van der Waals surface area contributed by atoms with Crippen molar-refractivity contribution in [3.05, 3.63) is 94.8 Å². The molecule has 0 spiro atoms. The molecule has 0 saturated heterocycles. The number of nitrogen functional groups attached to an aromatic ring is 2. The molecule has 0 aliphatic rings. The minimum absolute atomic E-state index is 0.0249. The third kappa shape index (κ3) is 4.05. The van der Waals surface area contributed by atoms with Crippen LogP contribution in [0.2, 0.25) is 0 Å². The number of aromatic nitrogens is 5. The monoisotopic (exact) mass is 475 g/mol. The van der Waals surface area contributed by atoms with Crippen molar-refractivity contribution in [2.75, 3.05) is 16.8 Å². The van der Waals surface area contributed by atoms with Crippen LogP contribution in [0.5, 0.6) is 0 Å². The fraction of sp³-hybridized carbons (Fsp3) is 0.0769. The first kappa shape index (κ1) is 22.5. The molecule has 36 heavy (non-hydrogen) atoms. The SMILES string of the molecule is C[C@H](Nc1nc(N)ncc1C#N)c1nc2cccc(-c3ccnc(N)c3)c2c(=O)n1-c1ccccc1. The number of nitriles is 1. The Hall–Kier alpha value is -5.30. The van der Waals surface area contributed by atoms with E-state index in [4.69, 9.17) is 16.5 Å². The number of para-hydroxylation sites is 1. The van der Waals surface area contributed by atoms with Crippen LogP contribution in [-0.4, -0.2) is 24.5 Å². The van der Waals surface area contributed by atoms with Crippen molar-refractivity contribution in [2.24, 2.45) is 0 Å². The second-order valence-corrected chi connectivity index (χ2v) is 8.08. The molecule has 5 N–H and O–H groups in total. The van der Waals surface area contributed by atoms with Crippen molar-refractivity contribution in [3.63, 3.8) is 0 Å². The number of anilines is 3. The van der Waals surface area contributed by atoms with E-state index in [2.05, 4.69) is 20.3 Å². The van der Waals surface area contributed by atoms with Crippen molar-refractivity contribution >= 4 is 28.5 Å². The summed E-state index contributed by atoms with van der Waals surface area (Å²) in [7, 11) is 0. The normalized spacial score (nSPS) is 11.7. The number of pyridine rings is 1. The first-order chi connectivity index (χ1) is 17.5. The van der Waals surface area contributed by atoms with Gasteiger partial charge in [-0.05, 0) is 48.4 Å². The zero-order valence-electron chi connectivity index (χ0n) is 19.3. The van der Waals surface area contributed by atoms with Gasteiger partial charge in [0.1, 0.15) is 29.1 Å². The number of nitrogens with one attached hydrogen (secondary N) is 1. The minimum atomic E-state index is -0.524. The Labute approximate surface area is 205 Å². The quantitative estimate of drug-likeness (QED) is 0.346. The second-order valence-electron chi connectivity index (χ2n) is 8.08. The lowest BCUT2D eigenvalue weighted by molar-refractivity contribution is 0.731. The van der Waals surface area contributed by atoms with Gasteiger partial charge in [-0.2, -0.15) is 10.2 Å². The molecule has 10 nitrogen and oxygen atoms in total. The highest BCUT2D eigenvalue weighted by Gasteiger charge is 2.21. The molecular formula is C26H21N9O. The number of nitrogens with two attached hydrogens (primary N) is 2. The second kappa shape index (κ2) is 9.15. The van der Waals surface area contributed by atoms with Gasteiger partial charge in [0, 0.05) is 6.20 Å². The zero-order chi connectivity index (χ0) is 25.2. The molecule has 5 aromatic rings. The molecule has 0 bridgehead atoms. The summed E-state index contributed by atoms with van der Waals surface area (Å²) in [5.41, 5.74) is 14.3. The average Bonchev–Trinajstić information content (AvgIpc) is 2.89. The number of fused-ring (bicyclic) bond motifs is 1. The highest BCUT2D eigenvalue weighted by atomic mass is 16.1. The van der Waals surface area contributed by atoms with Crippen molar-refractivity contribution in [2.45, 2.75) is 13.0 Å². The van der Waals surface area contributed by atoms with E-state index in [9.17, 15) is 10.1 Å². The number of benzene rings is 2. The molecule has 10 heteroatoms. The van der Waals surface area contributed by atoms with E-state index in [-0.39, 0.29) is 22.9 Å². The molecule has 0 radical (unpaired) electrons. The maximum absolute atomic E-state index is 14.1. The molecule has 3 aromatic heterocycles. The molecular weight excluding hydrogens is 454 g/mol. The van der Waals surface area contributed by atoms with Gasteiger partial charge in [-0.15, -0.1) is 0 Å². The molecule has 2 aromatic carbocycles.